The molecule has 1 saturated heterocycles. The monoisotopic (exact) mass is 284 g/mol. The van der Waals surface area contributed by atoms with E-state index in [9.17, 15) is 14.7 Å². The third-order valence-corrected chi connectivity index (χ3v) is 4.23. The van der Waals surface area contributed by atoms with Crippen molar-refractivity contribution < 1.29 is 19.4 Å². The number of hydrogen-bond acceptors (Lipinski definition) is 3. The molecule has 114 valence electrons. The SMILES string of the molecule is O=C(NCCCC1CCCO1)NC1(C(=O)O)CCCC1. The summed E-state index contributed by atoms with van der Waals surface area (Å²) in [6, 6.07) is -0.373. The van der Waals surface area contributed by atoms with Gasteiger partial charge in [-0.05, 0) is 38.5 Å². The van der Waals surface area contributed by atoms with Crippen LogP contribution >= 0.6 is 0 Å². The molecule has 0 aromatic heterocycles. The number of urea groups is 1. The van der Waals surface area contributed by atoms with Crippen molar-refractivity contribution in [1.82, 2.24) is 10.6 Å². The third-order valence-electron chi connectivity index (χ3n) is 4.23. The predicted octanol–water partition coefficient (Wildman–Crippen LogP) is 1.64. The van der Waals surface area contributed by atoms with Crippen LogP contribution in [-0.2, 0) is 9.53 Å². The first kappa shape index (κ1) is 15.1. The zero-order chi connectivity index (χ0) is 14.4. The summed E-state index contributed by atoms with van der Waals surface area (Å²) in [5.74, 6) is -0.926. The maximum Gasteiger partial charge on any atom is 0.329 e. The lowest BCUT2D eigenvalue weighted by Crippen LogP contribution is -2.55. The Hall–Kier alpha value is -1.30. The standard InChI is InChI=1S/C14H24N2O4/c17-12(18)14(7-1-2-8-14)16-13(19)15-9-3-5-11-6-4-10-20-11/h11H,1-10H2,(H,17,18)(H2,15,16,19). The molecule has 0 aromatic carbocycles. The maximum atomic E-state index is 11.8. The van der Waals surface area contributed by atoms with Gasteiger partial charge < -0.3 is 20.5 Å². The smallest absolute Gasteiger partial charge is 0.329 e. The number of amides is 2. The highest BCUT2D eigenvalue weighted by atomic mass is 16.5. The molecular weight excluding hydrogens is 260 g/mol. The van der Waals surface area contributed by atoms with Gasteiger partial charge in [0.05, 0.1) is 6.10 Å². The molecule has 1 atom stereocenters. The Morgan fingerprint density at radius 3 is 2.60 bits per heavy atom. The first-order valence-electron chi connectivity index (χ1n) is 7.53. The minimum Gasteiger partial charge on any atom is -0.480 e. The lowest BCUT2D eigenvalue weighted by atomic mass is 9.98. The molecule has 1 aliphatic carbocycles. The Morgan fingerprint density at radius 1 is 1.25 bits per heavy atom. The average molecular weight is 284 g/mol. The van der Waals surface area contributed by atoms with Crippen LogP contribution in [0.2, 0.25) is 0 Å². The molecule has 1 aliphatic heterocycles. The van der Waals surface area contributed by atoms with Crippen LogP contribution in [-0.4, -0.2) is 41.9 Å². The second-order valence-electron chi connectivity index (χ2n) is 5.75. The summed E-state index contributed by atoms with van der Waals surface area (Å²) in [6.45, 7) is 1.40. The summed E-state index contributed by atoms with van der Waals surface area (Å²) in [4.78, 5) is 23.1. The van der Waals surface area contributed by atoms with Crippen molar-refractivity contribution in [2.45, 2.75) is 63.0 Å². The van der Waals surface area contributed by atoms with Crippen molar-refractivity contribution in [3.63, 3.8) is 0 Å². The maximum absolute atomic E-state index is 11.8. The van der Waals surface area contributed by atoms with E-state index < -0.39 is 11.5 Å². The zero-order valence-corrected chi connectivity index (χ0v) is 11.8. The molecule has 6 nitrogen and oxygen atoms in total. The van der Waals surface area contributed by atoms with Crippen molar-refractivity contribution in [1.29, 1.82) is 0 Å². The van der Waals surface area contributed by atoms with E-state index in [1.165, 1.54) is 0 Å². The summed E-state index contributed by atoms with van der Waals surface area (Å²) in [6.07, 6.45) is 7.12. The quantitative estimate of drug-likeness (QED) is 0.647. The Bertz CT molecular complexity index is 347. The molecule has 0 radical (unpaired) electrons. The molecule has 20 heavy (non-hydrogen) atoms. The molecule has 3 N–H and O–H groups in total. The van der Waals surface area contributed by atoms with E-state index >= 15 is 0 Å². The molecule has 1 heterocycles. The summed E-state index contributed by atoms with van der Waals surface area (Å²) in [7, 11) is 0. The Labute approximate surface area is 119 Å². The zero-order valence-electron chi connectivity index (χ0n) is 11.8. The van der Waals surface area contributed by atoms with Crippen LogP contribution in [0.3, 0.4) is 0 Å². The lowest BCUT2D eigenvalue weighted by molar-refractivity contribution is -0.144. The molecule has 0 bridgehead atoms. The Morgan fingerprint density at radius 2 is 2.00 bits per heavy atom. The average Bonchev–Trinajstić information content (AvgIpc) is 3.06. The topological polar surface area (TPSA) is 87.7 Å². The summed E-state index contributed by atoms with van der Waals surface area (Å²) < 4.78 is 5.51. The number of carbonyl (C=O) groups excluding carboxylic acids is 1. The number of rotatable bonds is 6. The number of carboxylic acids is 1. The minimum atomic E-state index is -1.06. The molecule has 1 unspecified atom stereocenters. The first-order chi connectivity index (χ1) is 9.62. The molecular formula is C14H24N2O4. The highest BCUT2D eigenvalue weighted by Gasteiger charge is 2.42. The van der Waals surface area contributed by atoms with Gasteiger partial charge in [0.15, 0.2) is 0 Å². The van der Waals surface area contributed by atoms with Gasteiger partial charge in [0.1, 0.15) is 5.54 Å². The molecule has 0 aromatic rings. The fourth-order valence-corrected chi connectivity index (χ4v) is 3.04. The predicted molar refractivity (Wildman–Crippen MR) is 73.6 cm³/mol. The fraction of sp³-hybridized carbons (Fsp3) is 0.857. The van der Waals surface area contributed by atoms with Crippen molar-refractivity contribution in [3.8, 4) is 0 Å². The second kappa shape index (κ2) is 6.92. The van der Waals surface area contributed by atoms with Gasteiger partial charge in [-0.2, -0.15) is 0 Å². The highest BCUT2D eigenvalue weighted by molar-refractivity contribution is 5.86. The van der Waals surface area contributed by atoms with E-state index in [-0.39, 0.29) is 6.03 Å². The fourth-order valence-electron chi connectivity index (χ4n) is 3.04. The lowest BCUT2D eigenvalue weighted by Gasteiger charge is -2.25. The molecule has 2 rings (SSSR count). The molecule has 2 fully saturated rings. The second-order valence-corrected chi connectivity index (χ2v) is 5.75. The van der Waals surface area contributed by atoms with E-state index in [0.717, 1.165) is 45.1 Å². The van der Waals surface area contributed by atoms with E-state index in [0.29, 0.717) is 25.5 Å². The van der Waals surface area contributed by atoms with Crippen LogP contribution in [0.1, 0.15) is 51.4 Å². The van der Waals surface area contributed by atoms with Gasteiger partial charge in [0, 0.05) is 13.2 Å². The number of aliphatic carboxylic acids is 1. The van der Waals surface area contributed by atoms with E-state index in [1.807, 2.05) is 0 Å². The largest absolute Gasteiger partial charge is 0.480 e. The summed E-state index contributed by atoms with van der Waals surface area (Å²) in [5.41, 5.74) is -1.06. The summed E-state index contributed by atoms with van der Waals surface area (Å²) >= 11 is 0. The van der Waals surface area contributed by atoms with E-state index in [2.05, 4.69) is 10.6 Å². The van der Waals surface area contributed by atoms with Gasteiger partial charge in [-0.25, -0.2) is 9.59 Å². The van der Waals surface area contributed by atoms with E-state index in [4.69, 9.17) is 4.74 Å². The van der Waals surface area contributed by atoms with Crippen molar-refractivity contribution in [2.24, 2.45) is 0 Å². The van der Waals surface area contributed by atoms with Gasteiger partial charge in [-0.3, -0.25) is 0 Å². The Kier molecular flexibility index (Phi) is 5.23. The number of nitrogens with one attached hydrogen (secondary N) is 2. The van der Waals surface area contributed by atoms with E-state index in [1.54, 1.807) is 0 Å². The van der Waals surface area contributed by atoms with Gasteiger partial charge in [0.2, 0.25) is 0 Å². The Balaban J connectivity index is 1.65. The normalized spacial score (nSPS) is 24.5. The third kappa shape index (κ3) is 3.85. The number of ether oxygens (including phenoxy) is 1. The number of carboxylic acid groups (broad SMARTS) is 1. The van der Waals surface area contributed by atoms with Gasteiger partial charge in [-0.1, -0.05) is 12.8 Å². The first-order valence-corrected chi connectivity index (χ1v) is 7.53. The molecule has 6 heteroatoms. The van der Waals surface area contributed by atoms with Gasteiger partial charge >= 0.3 is 12.0 Å². The number of hydrogen-bond donors (Lipinski definition) is 3. The minimum absolute atomic E-state index is 0.333. The molecule has 1 saturated carbocycles. The van der Waals surface area contributed by atoms with Crippen LogP contribution in [0.25, 0.3) is 0 Å². The van der Waals surface area contributed by atoms with Crippen LogP contribution in [0.4, 0.5) is 4.79 Å². The highest BCUT2D eigenvalue weighted by Crippen LogP contribution is 2.29. The van der Waals surface area contributed by atoms with Crippen molar-refractivity contribution >= 4 is 12.0 Å². The molecule has 0 spiro atoms. The molecule has 2 aliphatic rings. The van der Waals surface area contributed by atoms with Crippen LogP contribution in [0, 0.1) is 0 Å². The van der Waals surface area contributed by atoms with Crippen LogP contribution in [0.5, 0.6) is 0 Å². The molecule has 2 amide bonds. The number of carbonyl (C=O) groups is 2. The summed E-state index contributed by atoms with van der Waals surface area (Å²) in [5, 5.41) is 14.7. The van der Waals surface area contributed by atoms with Crippen molar-refractivity contribution in [3.05, 3.63) is 0 Å². The van der Waals surface area contributed by atoms with Crippen LogP contribution in [0.15, 0.2) is 0 Å². The van der Waals surface area contributed by atoms with Crippen LogP contribution < -0.4 is 10.6 Å². The van der Waals surface area contributed by atoms with Gasteiger partial charge in [-0.15, -0.1) is 0 Å². The van der Waals surface area contributed by atoms with Crippen molar-refractivity contribution in [2.75, 3.05) is 13.2 Å². The van der Waals surface area contributed by atoms with Gasteiger partial charge in [0.25, 0.3) is 0 Å².